The van der Waals surface area contributed by atoms with Crippen LogP contribution in [0.25, 0.3) is 0 Å². The average Bonchev–Trinajstić information content (AvgIpc) is 3.02. The van der Waals surface area contributed by atoms with Crippen molar-refractivity contribution in [2.45, 2.75) is 19.3 Å². The summed E-state index contributed by atoms with van der Waals surface area (Å²) in [5.41, 5.74) is 0.0383. The van der Waals surface area contributed by atoms with E-state index in [4.69, 9.17) is 11.6 Å². The van der Waals surface area contributed by atoms with Gasteiger partial charge in [0.2, 0.25) is 5.91 Å². The van der Waals surface area contributed by atoms with Crippen molar-refractivity contribution in [1.82, 2.24) is 0 Å². The molecule has 2 saturated carbocycles. The van der Waals surface area contributed by atoms with E-state index < -0.39 is 29.5 Å². The molecule has 0 aliphatic heterocycles. The lowest BCUT2D eigenvalue weighted by molar-refractivity contribution is -0.148. The zero-order valence-electron chi connectivity index (χ0n) is 11.2. The van der Waals surface area contributed by atoms with Gasteiger partial charge in [-0.15, -0.1) is 0 Å². The lowest BCUT2D eigenvalue weighted by atomic mass is 9.78. The number of carboxylic acid groups (broad SMARTS) is 1. The third kappa shape index (κ3) is 2.50. The van der Waals surface area contributed by atoms with E-state index in [9.17, 15) is 19.1 Å². The molecule has 2 bridgehead atoms. The Kier molecular flexibility index (Phi) is 3.61. The SMILES string of the molecule is O=C(Nc1ccc(Cl)cc1F)[C@@H]1[C@@H]2CC[C@@H](C2)[C@@H]1C(=O)O. The molecule has 2 aliphatic carbocycles. The summed E-state index contributed by atoms with van der Waals surface area (Å²) in [6.45, 7) is 0. The number of halogens is 2. The second-order valence-electron chi connectivity index (χ2n) is 5.84. The number of aliphatic carboxylic acids is 1. The number of carboxylic acids is 1. The summed E-state index contributed by atoms with van der Waals surface area (Å²) in [5.74, 6) is -3.03. The van der Waals surface area contributed by atoms with Crippen LogP contribution in [0.3, 0.4) is 0 Å². The number of carbonyl (C=O) groups is 2. The van der Waals surface area contributed by atoms with E-state index in [-0.39, 0.29) is 22.5 Å². The van der Waals surface area contributed by atoms with Crippen molar-refractivity contribution in [3.63, 3.8) is 0 Å². The van der Waals surface area contributed by atoms with Crippen LogP contribution in [0, 0.1) is 29.5 Å². The minimum absolute atomic E-state index is 0.0383. The van der Waals surface area contributed by atoms with Crippen LogP contribution in [0.5, 0.6) is 0 Å². The topological polar surface area (TPSA) is 66.4 Å². The van der Waals surface area contributed by atoms with Gasteiger partial charge < -0.3 is 10.4 Å². The smallest absolute Gasteiger partial charge is 0.307 e. The van der Waals surface area contributed by atoms with Crippen molar-refractivity contribution >= 4 is 29.2 Å². The van der Waals surface area contributed by atoms with Crippen LogP contribution in [-0.4, -0.2) is 17.0 Å². The van der Waals surface area contributed by atoms with Crippen molar-refractivity contribution < 1.29 is 19.1 Å². The molecule has 6 heteroatoms. The Morgan fingerprint density at radius 3 is 2.52 bits per heavy atom. The monoisotopic (exact) mass is 311 g/mol. The van der Waals surface area contributed by atoms with Gasteiger partial charge in [-0.1, -0.05) is 11.6 Å². The van der Waals surface area contributed by atoms with E-state index in [1.165, 1.54) is 12.1 Å². The van der Waals surface area contributed by atoms with Gasteiger partial charge in [0.1, 0.15) is 5.82 Å². The molecule has 0 aromatic heterocycles. The van der Waals surface area contributed by atoms with E-state index in [2.05, 4.69) is 5.32 Å². The summed E-state index contributed by atoms with van der Waals surface area (Å²) in [6, 6.07) is 3.99. The van der Waals surface area contributed by atoms with E-state index in [0.29, 0.717) is 0 Å². The third-order valence-electron chi connectivity index (χ3n) is 4.69. The molecule has 2 fully saturated rings. The van der Waals surface area contributed by atoms with E-state index in [0.717, 1.165) is 25.3 Å². The fraction of sp³-hybridized carbons (Fsp3) is 0.467. The molecular formula is C15H15ClFNO3. The van der Waals surface area contributed by atoms with Crippen LogP contribution in [0.4, 0.5) is 10.1 Å². The number of hydrogen-bond donors (Lipinski definition) is 2. The molecule has 0 radical (unpaired) electrons. The average molecular weight is 312 g/mol. The molecule has 1 aromatic carbocycles. The fourth-order valence-corrected chi connectivity index (χ4v) is 3.99. The van der Waals surface area contributed by atoms with Gasteiger partial charge >= 0.3 is 5.97 Å². The van der Waals surface area contributed by atoms with Gasteiger partial charge in [-0.05, 0) is 49.3 Å². The van der Waals surface area contributed by atoms with Gasteiger partial charge in [-0.3, -0.25) is 9.59 Å². The van der Waals surface area contributed by atoms with Crippen molar-refractivity contribution in [2.24, 2.45) is 23.7 Å². The largest absolute Gasteiger partial charge is 0.481 e. The highest BCUT2D eigenvalue weighted by molar-refractivity contribution is 6.30. The quantitative estimate of drug-likeness (QED) is 0.901. The lowest BCUT2D eigenvalue weighted by Crippen LogP contribution is -2.38. The summed E-state index contributed by atoms with van der Waals surface area (Å²) in [5, 5.41) is 12.1. The highest BCUT2D eigenvalue weighted by Crippen LogP contribution is 2.52. The first-order valence-corrected chi connectivity index (χ1v) is 7.34. The predicted octanol–water partition coefficient (Wildman–Crippen LogP) is 3.16. The summed E-state index contributed by atoms with van der Waals surface area (Å²) >= 11 is 5.67. The number of amides is 1. The van der Waals surface area contributed by atoms with Crippen molar-refractivity contribution in [1.29, 1.82) is 0 Å². The predicted molar refractivity (Wildman–Crippen MR) is 75.5 cm³/mol. The summed E-state index contributed by atoms with van der Waals surface area (Å²) in [4.78, 5) is 23.8. The Morgan fingerprint density at radius 1 is 1.24 bits per heavy atom. The molecule has 21 heavy (non-hydrogen) atoms. The molecule has 4 atom stereocenters. The molecule has 3 rings (SSSR count). The van der Waals surface area contributed by atoms with Crippen molar-refractivity contribution in [2.75, 3.05) is 5.32 Å². The van der Waals surface area contributed by atoms with Crippen LogP contribution >= 0.6 is 11.6 Å². The van der Waals surface area contributed by atoms with Crippen LogP contribution < -0.4 is 5.32 Å². The van der Waals surface area contributed by atoms with Gasteiger partial charge in [0.25, 0.3) is 0 Å². The molecule has 0 heterocycles. The Morgan fingerprint density at radius 2 is 1.90 bits per heavy atom. The second-order valence-corrected chi connectivity index (χ2v) is 6.27. The number of hydrogen-bond acceptors (Lipinski definition) is 2. The highest BCUT2D eigenvalue weighted by Gasteiger charge is 2.54. The van der Waals surface area contributed by atoms with Crippen LogP contribution in [0.15, 0.2) is 18.2 Å². The maximum absolute atomic E-state index is 13.7. The number of carbonyl (C=O) groups excluding carboxylic acids is 1. The number of nitrogens with one attached hydrogen (secondary N) is 1. The summed E-state index contributed by atoms with van der Waals surface area (Å²) in [7, 11) is 0. The molecule has 4 nitrogen and oxygen atoms in total. The fourth-order valence-electron chi connectivity index (χ4n) is 3.83. The third-order valence-corrected chi connectivity index (χ3v) is 4.93. The first-order chi connectivity index (χ1) is 9.97. The van der Waals surface area contributed by atoms with E-state index in [1.54, 1.807) is 0 Å². The maximum Gasteiger partial charge on any atom is 0.307 e. The Balaban J connectivity index is 1.80. The normalized spacial score (nSPS) is 30.4. The molecule has 2 N–H and O–H groups in total. The Bertz CT molecular complexity index is 607. The van der Waals surface area contributed by atoms with Gasteiger partial charge in [0, 0.05) is 5.02 Å². The number of anilines is 1. The van der Waals surface area contributed by atoms with Gasteiger partial charge in [-0.2, -0.15) is 0 Å². The molecule has 1 amide bonds. The Hall–Kier alpha value is -1.62. The summed E-state index contributed by atoms with van der Waals surface area (Å²) in [6.07, 6.45) is 2.51. The van der Waals surface area contributed by atoms with Gasteiger partial charge in [0.05, 0.1) is 17.5 Å². The molecule has 0 unspecified atom stereocenters. The highest BCUT2D eigenvalue weighted by atomic mass is 35.5. The molecule has 0 saturated heterocycles. The zero-order valence-corrected chi connectivity index (χ0v) is 11.9. The number of fused-ring (bicyclic) bond motifs is 2. The second kappa shape index (κ2) is 5.30. The molecular weight excluding hydrogens is 297 g/mol. The lowest BCUT2D eigenvalue weighted by Gasteiger charge is -2.27. The molecule has 2 aliphatic rings. The molecule has 112 valence electrons. The first-order valence-electron chi connectivity index (χ1n) is 6.96. The molecule has 0 spiro atoms. The van der Waals surface area contributed by atoms with Crippen LogP contribution in [0.2, 0.25) is 5.02 Å². The van der Waals surface area contributed by atoms with Gasteiger partial charge in [-0.25, -0.2) is 4.39 Å². The van der Waals surface area contributed by atoms with Crippen LogP contribution in [0.1, 0.15) is 19.3 Å². The summed E-state index contributed by atoms with van der Waals surface area (Å²) < 4.78 is 13.7. The van der Waals surface area contributed by atoms with E-state index >= 15 is 0 Å². The van der Waals surface area contributed by atoms with E-state index in [1.807, 2.05) is 0 Å². The number of benzene rings is 1. The standard InChI is InChI=1S/C15H15ClFNO3/c16-9-3-4-11(10(17)6-9)18-14(19)12-7-1-2-8(5-7)13(12)15(20)21/h3-4,6-8,12-13H,1-2,5H2,(H,18,19)(H,20,21)/t7-,8+,12-,13+/m1/s1. The first kappa shape index (κ1) is 14.3. The van der Waals surface area contributed by atoms with Crippen molar-refractivity contribution in [3.05, 3.63) is 29.0 Å². The van der Waals surface area contributed by atoms with Gasteiger partial charge in [0.15, 0.2) is 0 Å². The maximum atomic E-state index is 13.7. The number of rotatable bonds is 3. The van der Waals surface area contributed by atoms with Crippen molar-refractivity contribution in [3.8, 4) is 0 Å². The minimum atomic E-state index is -0.932. The van der Waals surface area contributed by atoms with Crippen LogP contribution in [-0.2, 0) is 9.59 Å². The Labute approximate surface area is 126 Å². The zero-order chi connectivity index (χ0) is 15.1. The molecule has 1 aromatic rings. The minimum Gasteiger partial charge on any atom is -0.481 e.